The molecule has 0 aliphatic rings. The van der Waals surface area contributed by atoms with Crippen LogP contribution in [0, 0.1) is 0 Å². The van der Waals surface area contributed by atoms with Gasteiger partial charge in [-0.3, -0.25) is 4.79 Å². The minimum absolute atomic E-state index is 0.255. The van der Waals surface area contributed by atoms with E-state index in [9.17, 15) is 18.0 Å². The van der Waals surface area contributed by atoms with Gasteiger partial charge in [0.15, 0.2) is 0 Å². The van der Waals surface area contributed by atoms with Crippen molar-refractivity contribution in [2.24, 2.45) is 0 Å². The Kier molecular flexibility index (Phi) is 4.72. The van der Waals surface area contributed by atoms with Gasteiger partial charge in [-0.05, 0) is 24.2 Å². The minimum Gasteiger partial charge on any atom is -0.481 e. The molecule has 0 fully saturated rings. The zero-order valence-electron chi connectivity index (χ0n) is 9.79. The number of carboxylic acid groups (broad SMARTS) is 1. The highest BCUT2D eigenvalue weighted by Gasteiger charge is 2.31. The van der Waals surface area contributed by atoms with E-state index in [4.69, 9.17) is 5.11 Å². The van der Waals surface area contributed by atoms with Crippen molar-refractivity contribution in [3.8, 4) is 0 Å². The predicted molar refractivity (Wildman–Crippen MR) is 60.1 cm³/mol. The number of carbonyl (C=O) groups is 1. The Morgan fingerprint density at radius 2 is 2.11 bits per heavy atom. The van der Waals surface area contributed by atoms with E-state index in [1.165, 1.54) is 12.1 Å². The van der Waals surface area contributed by atoms with Crippen LogP contribution < -0.4 is 5.32 Å². The topological polar surface area (TPSA) is 49.3 Å². The van der Waals surface area contributed by atoms with Crippen LogP contribution in [-0.2, 0) is 11.0 Å². The van der Waals surface area contributed by atoms with E-state index in [0.717, 1.165) is 12.1 Å². The van der Waals surface area contributed by atoms with Crippen LogP contribution in [0.3, 0.4) is 0 Å². The van der Waals surface area contributed by atoms with E-state index in [-0.39, 0.29) is 6.42 Å². The molecule has 1 aromatic carbocycles. The van der Waals surface area contributed by atoms with Crippen molar-refractivity contribution >= 4 is 5.97 Å². The molecule has 0 aliphatic heterocycles. The number of rotatable bonds is 5. The summed E-state index contributed by atoms with van der Waals surface area (Å²) in [4.78, 5) is 10.7. The summed E-state index contributed by atoms with van der Waals surface area (Å²) in [5, 5.41) is 11.6. The first-order valence-electron chi connectivity index (χ1n) is 5.47. The number of hydrogen-bond donors (Lipinski definition) is 2. The summed E-state index contributed by atoms with van der Waals surface area (Å²) in [6, 6.07) is 4.11. The Labute approximate surface area is 103 Å². The Hall–Kier alpha value is -1.56. The molecule has 1 aromatic rings. The largest absolute Gasteiger partial charge is 0.481 e. The molecule has 6 heteroatoms. The summed E-state index contributed by atoms with van der Waals surface area (Å²) >= 11 is 0. The number of alkyl halides is 3. The minimum atomic E-state index is -4.42. The van der Waals surface area contributed by atoms with Crippen molar-refractivity contribution < 1.29 is 23.1 Å². The molecule has 1 rings (SSSR count). The molecule has 100 valence electrons. The molecule has 0 amide bonds. The van der Waals surface area contributed by atoms with Gasteiger partial charge in [0.2, 0.25) is 0 Å². The first-order chi connectivity index (χ1) is 8.34. The van der Waals surface area contributed by atoms with Crippen molar-refractivity contribution in [2.75, 3.05) is 6.54 Å². The monoisotopic (exact) mass is 261 g/mol. The molecule has 0 spiro atoms. The zero-order chi connectivity index (χ0) is 13.8. The molecule has 0 radical (unpaired) electrons. The Bertz CT molecular complexity index is 418. The molecule has 18 heavy (non-hydrogen) atoms. The van der Waals surface area contributed by atoms with E-state index < -0.39 is 23.8 Å². The van der Waals surface area contributed by atoms with Crippen molar-refractivity contribution in [1.29, 1.82) is 0 Å². The first kappa shape index (κ1) is 14.5. The quantitative estimate of drug-likeness (QED) is 0.856. The lowest BCUT2D eigenvalue weighted by molar-refractivity contribution is -0.138. The van der Waals surface area contributed by atoms with Crippen LogP contribution >= 0.6 is 0 Å². The van der Waals surface area contributed by atoms with Crippen LogP contribution in [0.5, 0.6) is 0 Å². The van der Waals surface area contributed by atoms with Crippen molar-refractivity contribution in [2.45, 2.75) is 25.6 Å². The molecule has 0 saturated heterocycles. The number of hydrogen-bond acceptors (Lipinski definition) is 2. The standard InChI is InChI=1S/C12H14F3NO2/c1-2-16-10(7-11(17)18)8-4-3-5-9(6-8)12(13,14)15/h3-6,10,16H,2,7H2,1H3,(H,17,18). The third-order valence-electron chi connectivity index (χ3n) is 2.45. The SMILES string of the molecule is CCNC(CC(=O)O)c1cccc(C(F)(F)F)c1. The van der Waals surface area contributed by atoms with Gasteiger partial charge < -0.3 is 10.4 Å². The second kappa shape index (κ2) is 5.86. The summed E-state index contributed by atoms with van der Waals surface area (Å²) in [5.41, 5.74) is -0.442. The van der Waals surface area contributed by atoms with Gasteiger partial charge in [0.1, 0.15) is 0 Å². The first-order valence-corrected chi connectivity index (χ1v) is 5.47. The lowest BCUT2D eigenvalue weighted by Gasteiger charge is -2.17. The summed E-state index contributed by atoms with van der Waals surface area (Å²) in [6.07, 6.45) is -4.68. The maximum atomic E-state index is 12.5. The second-order valence-electron chi connectivity index (χ2n) is 3.83. The predicted octanol–water partition coefficient (Wildman–Crippen LogP) is 2.83. The van der Waals surface area contributed by atoms with Crippen LogP contribution in [0.25, 0.3) is 0 Å². The fourth-order valence-electron chi connectivity index (χ4n) is 1.66. The maximum absolute atomic E-state index is 12.5. The van der Waals surface area contributed by atoms with Gasteiger partial charge >= 0.3 is 12.1 Å². The average molecular weight is 261 g/mol. The normalized spacial score (nSPS) is 13.3. The molecule has 0 bridgehead atoms. The smallest absolute Gasteiger partial charge is 0.416 e. The third-order valence-corrected chi connectivity index (χ3v) is 2.45. The maximum Gasteiger partial charge on any atom is 0.416 e. The fraction of sp³-hybridized carbons (Fsp3) is 0.417. The summed E-state index contributed by atoms with van der Waals surface area (Å²) in [7, 11) is 0. The number of benzene rings is 1. The molecule has 2 N–H and O–H groups in total. The van der Waals surface area contributed by atoms with Gasteiger partial charge in [0.25, 0.3) is 0 Å². The van der Waals surface area contributed by atoms with Gasteiger partial charge in [-0.1, -0.05) is 19.1 Å². The Morgan fingerprint density at radius 3 is 2.61 bits per heavy atom. The fourth-order valence-corrected chi connectivity index (χ4v) is 1.66. The lowest BCUT2D eigenvalue weighted by atomic mass is 10.0. The lowest BCUT2D eigenvalue weighted by Crippen LogP contribution is -2.24. The number of aliphatic carboxylic acids is 1. The van der Waals surface area contributed by atoms with Crippen LogP contribution in [0.4, 0.5) is 13.2 Å². The Balaban J connectivity index is 3.01. The van der Waals surface area contributed by atoms with Crippen molar-refractivity contribution in [3.05, 3.63) is 35.4 Å². The molecule has 0 aliphatic carbocycles. The van der Waals surface area contributed by atoms with Crippen LogP contribution in [0.15, 0.2) is 24.3 Å². The van der Waals surface area contributed by atoms with Crippen molar-refractivity contribution in [1.82, 2.24) is 5.32 Å². The van der Waals surface area contributed by atoms with Gasteiger partial charge in [0.05, 0.1) is 12.0 Å². The van der Waals surface area contributed by atoms with Crippen molar-refractivity contribution in [3.63, 3.8) is 0 Å². The number of carboxylic acids is 1. The van der Waals surface area contributed by atoms with E-state index >= 15 is 0 Å². The average Bonchev–Trinajstić information content (AvgIpc) is 2.27. The van der Waals surface area contributed by atoms with Crippen LogP contribution in [0.2, 0.25) is 0 Å². The molecule has 0 saturated carbocycles. The molecular weight excluding hydrogens is 247 g/mol. The van der Waals surface area contributed by atoms with Crippen LogP contribution in [0.1, 0.15) is 30.5 Å². The zero-order valence-corrected chi connectivity index (χ0v) is 9.79. The summed E-state index contributed by atoms with van der Waals surface area (Å²) < 4.78 is 37.6. The highest BCUT2D eigenvalue weighted by atomic mass is 19.4. The third kappa shape index (κ3) is 4.03. The second-order valence-corrected chi connectivity index (χ2v) is 3.83. The number of nitrogens with one attached hydrogen (secondary N) is 1. The van der Waals surface area contributed by atoms with E-state index in [1.54, 1.807) is 6.92 Å². The van der Waals surface area contributed by atoms with E-state index in [1.807, 2.05) is 0 Å². The van der Waals surface area contributed by atoms with E-state index in [2.05, 4.69) is 5.32 Å². The highest BCUT2D eigenvalue weighted by molar-refractivity contribution is 5.68. The molecule has 1 unspecified atom stereocenters. The van der Waals surface area contributed by atoms with E-state index in [0.29, 0.717) is 12.1 Å². The molecule has 0 heterocycles. The molecule has 0 aromatic heterocycles. The van der Waals surface area contributed by atoms with Gasteiger partial charge in [-0.25, -0.2) is 0 Å². The van der Waals surface area contributed by atoms with Gasteiger partial charge in [0, 0.05) is 6.04 Å². The van der Waals surface area contributed by atoms with Gasteiger partial charge in [-0.2, -0.15) is 13.2 Å². The molecule has 3 nitrogen and oxygen atoms in total. The highest BCUT2D eigenvalue weighted by Crippen LogP contribution is 2.31. The number of halogens is 3. The van der Waals surface area contributed by atoms with Gasteiger partial charge in [-0.15, -0.1) is 0 Å². The Morgan fingerprint density at radius 1 is 1.44 bits per heavy atom. The summed E-state index contributed by atoms with van der Waals surface area (Å²) in [6.45, 7) is 2.25. The molecule has 1 atom stereocenters. The van der Waals surface area contributed by atoms with Crippen LogP contribution in [-0.4, -0.2) is 17.6 Å². The molecular formula is C12H14F3NO2. The summed E-state index contributed by atoms with van der Waals surface area (Å²) in [5.74, 6) is -1.06.